The lowest BCUT2D eigenvalue weighted by Gasteiger charge is -2.31. The highest BCUT2D eigenvalue weighted by molar-refractivity contribution is 9.10. The van der Waals surface area contributed by atoms with Crippen LogP contribution in [-0.2, 0) is 11.2 Å². The van der Waals surface area contributed by atoms with Crippen LogP contribution in [0.4, 0.5) is 0 Å². The van der Waals surface area contributed by atoms with Crippen LogP contribution in [-0.4, -0.2) is 32.9 Å². The summed E-state index contributed by atoms with van der Waals surface area (Å²) >= 11 is 3.58. The number of nitrogens with one attached hydrogen (secondary N) is 1. The molecule has 1 aromatic carbocycles. The highest BCUT2D eigenvalue weighted by atomic mass is 79.9. The third-order valence-corrected chi connectivity index (χ3v) is 4.78. The molecule has 118 valence electrons. The minimum Gasteiger partial charge on any atom is -0.496 e. The Morgan fingerprint density at radius 3 is 2.76 bits per heavy atom. The van der Waals surface area contributed by atoms with E-state index in [0.717, 1.165) is 36.4 Å². The van der Waals surface area contributed by atoms with Crippen LogP contribution in [0.1, 0.15) is 31.7 Å². The van der Waals surface area contributed by atoms with Gasteiger partial charge in [-0.3, -0.25) is 0 Å². The Balaban J connectivity index is 2.04. The van der Waals surface area contributed by atoms with Crippen molar-refractivity contribution < 1.29 is 9.47 Å². The number of methoxy groups -OCH3 is 1. The van der Waals surface area contributed by atoms with Gasteiger partial charge in [0.25, 0.3) is 0 Å². The second-order valence-electron chi connectivity index (χ2n) is 5.68. The van der Waals surface area contributed by atoms with Crippen LogP contribution in [0.3, 0.4) is 0 Å². The van der Waals surface area contributed by atoms with E-state index in [0.29, 0.717) is 12.0 Å². The number of halogens is 1. The summed E-state index contributed by atoms with van der Waals surface area (Å²) in [6, 6.07) is 6.93. The molecule has 21 heavy (non-hydrogen) atoms. The van der Waals surface area contributed by atoms with E-state index in [-0.39, 0.29) is 0 Å². The molecule has 1 aliphatic heterocycles. The maximum absolute atomic E-state index is 5.50. The zero-order valence-corrected chi connectivity index (χ0v) is 14.6. The minimum absolute atomic E-state index is 0.536. The molecule has 0 spiro atoms. The van der Waals surface area contributed by atoms with Crippen molar-refractivity contribution in [3.05, 3.63) is 28.2 Å². The monoisotopic (exact) mass is 355 g/mol. The molecule has 0 aliphatic carbocycles. The second-order valence-corrected chi connectivity index (χ2v) is 6.54. The molecular weight excluding hydrogens is 330 g/mol. The standard InChI is InChI=1S/C17H26BrNO2/c1-3-8-19-16(14-6-9-21-10-7-14)12-13-4-5-17(20-2)15(18)11-13/h4-5,11,14,16,19H,3,6-10,12H2,1-2H3. The Bertz CT molecular complexity index is 433. The number of hydrogen-bond donors (Lipinski definition) is 1. The summed E-state index contributed by atoms with van der Waals surface area (Å²) < 4.78 is 11.8. The van der Waals surface area contributed by atoms with Crippen LogP contribution in [0.2, 0.25) is 0 Å². The van der Waals surface area contributed by atoms with Crippen LogP contribution in [0, 0.1) is 5.92 Å². The molecule has 4 heteroatoms. The van der Waals surface area contributed by atoms with E-state index < -0.39 is 0 Å². The van der Waals surface area contributed by atoms with Crippen LogP contribution < -0.4 is 10.1 Å². The van der Waals surface area contributed by atoms with Gasteiger partial charge in [0.1, 0.15) is 5.75 Å². The molecule has 1 fully saturated rings. The third-order valence-electron chi connectivity index (χ3n) is 4.16. The zero-order chi connectivity index (χ0) is 15.1. The van der Waals surface area contributed by atoms with Crippen molar-refractivity contribution in [1.82, 2.24) is 5.32 Å². The normalized spacial score (nSPS) is 17.7. The fraction of sp³-hybridized carbons (Fsp3) is 0.647. The summed E-state index contributed by atoms with van der Waals surface area (Å²) in [5, 5.41) is 3.73. The van der Waals surface area contributed by atoms with Crippen molar-refractivity contribution in [2.24, 2.45) is 5.92 Å². The Hall–Kier alpha value is -0.580. The van der Waals surface area contributed by atoms with E-state index in [2.05, 4.69) is 40.3 Å². The smallest absolute Gasteiger partial charge is 0.133 e. The first-order chi connectivity index (χ1) is 10.2. The van der Waals surface area contributed by atoms with Crippen molar-refractivity contribution in [2.45, 2.75) is 38.6 Å². The molecule has 1 heterocycles. The van der Waals surface area contributed by atoms with Crippen molar-refractivity contribution in [2.75, 3.05) is 26.9 Å². The highest BCUT2D eigenvalue weighted by Crippen LogP contribution is 2.28. The molecular formula is C17H26BrNO2. The van der Waals surface area contributed by atoms with Gasteiger partial charge in [0.05, 0.1) is 11.6 Å². The van der Waals surface area contributed by atoms with Gasteiger partial charge in [-0.1, -0.05) is 13.0 Å². The predicted molar refractivity (Wildman–Crippen MR) is 90.0 cm³/mol. The fourth-order valence-electron chi connectivity index (χ4n) is 2.94. The van der Waals surface area contributed by atoms with E-state index in [4.69, 9.17) is 9.47 Å². The van der Waals surface area contributed by atoms with Crippen molar-refractivity contribution in [3.8, 4) is 5.75 Å². The van der Waals surface area contributed by atoms with Gasteiger partial charge in [-0.2, -0.15) is 0 Å². The van der Waals surface area contributed by atoms with Crippen LogP contribution in [0.25, 0.3) is 0 Å². The van der Waals surface area contributed by atoms with Crippen molar-refractivity contribution in [3.63, 3.8) is 0 Å². The van der Waals surface area contributed by atoms with Crippen molar-refractivity contribution >= 4 is 15.9 Å². The van der Waals surface area contributed by atoms with Crippen LogP contribution in [0.5, 0.6) is 5.75 Å². The average molecular weight is 356 g/mol. The average Bonchev–Trinajstić information content (AvgIpc) is 2.52. The molecule has 1 N–H and O–H groups in total. The molecule has 1 aliphatic rings. The first-order valence-corrected chi connectivity index (χ1v) is 8.67. The molecule has 0 radical (unpaired) electrons. The highest BCUT2D eigenvalue weighted by Gasteiger charge is 2.23. The van der Waals surface area contributed by atoms with Crippen LogP contribution in [0.15, 0.2) is 22.7 Å². The molecule has 1 atom stereocenters. The van der Waals surface area contributed by atoms with Crippen molar-refractivity contribution in [1.29, 1.82) is 0 Å². The number of rotatable bonds is 7. The van der Waals surface area contributed by atoms with Gasteiger partial charge in [-0.25, -0.2) is 0 Å². The van der Waals surface area contributed by atoms with Gasteiger partial charge in [0, 0.05) is 19.3 Å². The first kappa shape index (κ1) is 16.8. The lowest BCUT2D eigenvalue weighted by atomic mass is 9.87. The molecule has 1 aromatic rings. The number of hydrogen-bond acceptors (Lipinski definition) is 3. The quantitative estimate of drug-likeness (QED) is 0.806. The molecule has 1 unspecified atom stereocenters. The Kier molecular flexibility index (Phi) is 7.00. The summed E-state index contributed by atoms with van der Waals surface area (Å²) in [7, 11) is 1.70. The number of ether oxygens (including phenoxy) is 2. The lowest BCUT2D eigenvalue weighted by Crippen LogP contribution is -2.41. The molecule has 0 bridgehead atoms. The molecule has 0 amide bonds. The Labute approximate surface area is 136 Å². The van der Waals surface area contributed by atoms with Gasteiger partial charge >= 0.3 is 0 Å². The van der Waals surface area contributed by atoms with E-state index >= 15 is 0 Å². The van der Waals surface area contributed by atoms with Gasteiger partial charge < -0.3 is 14.8 Å². The largest absolute Gasteiger partial charge is 0.496 e. The predicted octanol–water partition coefficient (Wildman–Crippen LogP) is 3.80. The third kappa shape index (κ3) is 4.97. The summed E-state index contributed by atoms with van der Waals surface area (Å²) in [4.78, 5) is 0. The summed E-state index contributed by atoms with van der Waals surface area (Å²) in [5.41, 5.74) is 1.35. The summed E-state index contributed by atoms with van der Waals surface area (Å²) in [5.74, 6) is 1.61. The molecule has 0 saturated carbocycles. The van der Waals surface area contributed by atoms with Gasteiger partial charge in [0.2, 0.25) is 0 Å². The fourth-order valence-corrected chi connectivity index (χ4v) is 3.53. The van der Waals surface area contributed by atoms with E-state index in [1.54, 1.807) is 7.11 Å². The van der Waals surface area contributed by atoms with E-state index in [1.807, 2.05) is 6.07 Å². The maximum Gasteiger partial charge on any atom is 0.133 e. The second kappa shape index (κ2) is 8.76. The van der Waals surface area contributed by atoms with Gasteiger partial charge in [-0.15, -0.1) is 0 Å². The maximum atomic E-state index is 5.50. The molecule has 3 nitrogen and oxygen atoms in total. The zero-order valence-electron chi connectivity index (χ0n) is 13.0. The van der Waals surface area contributed by atoms with Gasteiger partial charge in [0.15, 0.2) is 0 Å². The lowest BCUT2D eigenvalue weighted by molar-refractivity contribution is 0.0538. The minimum atomic E-state index is 0.536. The molecule has 0 aromatic heterocycles. The summed E-state index contributed by atoms with van der Waals surface area (Å²) in [6.45, 7) is 5.11. The molecule has 2 rings (SSSR count). The van der Waals surface area contributed by atoms with Crippen LogP contribution >= 0.6 is 15.9 Å². The molecule has 1 saturated heterocycles. The van der Waals surface area contributed by atoms with Gasteiger partial charge in [-0.05, 0) is 71.8 Å². The topological polar surface area (TPSA) is 30.5 Å². The Morgan fingerprint density at radius 1 is 1.38 bits per heavy atom. The first-order valence-electron chi connectivity index (χ1n) is 7.88. The van der Waals surface area contributed by atoms with E-state index in [9.17, 15) is 0 Å². The van der Waals surface area contributed by atoms with E-state index in [1.165, 1.54) is 24.8 Å². The summed E-state index contributed by atoms with van der Waals surface area (Å²) in [6.07, 6.45) is 4.57. The number of benzene rings is 1. The SMILES string of the molecule is CCCNC(Cc1ccc(OC)c(Br)c1)C1CCOCC1. The Morgan fingerprint density at radius 2 is 2.14 bits per heavy atom.